The summed E-state index contributed by atoms with van der Waals surface area (Å²) in [5.41, 5.74) is 7.38. The Hall–Kier alpha value is -5.81. The first-order valence-electron chi connectivity index (χ1n) is 13.5. The molecule has 0 atom stereocenters. The molecule has 5 heterocycles. The van der Waals surface area contributed by atoms with Gasteiger partial charge in [0, 0.05) is 47.4 Å². The number of aromatic amines is 2. The number of carbonyl (C=O) groups is 1. The molecule has 2 aromatic carbocycles. The quantitative estimate of drug-likeness (QED) is 0.192. The minimum Gasteiger partial charge on any atom is -0.335 e. The van der Waals surface area contributed by atoms with E-state index in [1.54, 1.807) is 43.1 Å². The average Bonchev–Trinajstić information content (AvgIpc) is 3.65. The van der Waals surface area contributed by atoms with Gasteiger partial charge in [-0.1, -0.05) is 18.2 Å². The van der Waals surface area contributed by atoms with Crippen LogP contribution in [0, 0.1) is 5.82 Å². The third kappa shape index (κ3) is 5.09. The second kappa shape index (κ2) is 10.9. The topological polar surface area (TPSA) is 137 Å². The molecule has 7 aromatic rings. The minimum absolute atomic E-state index is 0.222. The number of carbonyl (C=O) groups excluding carboxylic acids is 1. The van der Waals surface area contributed by atoms with E-state index in [1.807, 2.05) is 43.4 Å². The molecule has 43 heavy (non-hydrogen) atoms. The summed E-state index contributed by atoms with van der Waals surface area (Å²) < 4.78 is 14.5. The number of rotatable bonds is 7. The predicted octanol–water partition coefficient (Wildman–Crippen LogP) is 5.74. The number of pyridine rings is 3. The van der Waals surface area contributed by atoms with Crippen LogP contribution < -0.4 is 10.6 Å². The molecule has 0 fully saturated rings. The summed E-state index contributed by atoms with van der Waals surface area (Å²) in [5.74, 6) is -0.0330. The largest absolute Gasteiger partial charge is 0.335 e. The zero-order valence-corrected chi connectivity index (χ0v) is 22.9. The van der Waals surface area contributed by atoms with E-state index in [-0.39, 0.29) is 11.7 Å². The van der Waals surface area contributed by atoms with Crippen molar-refractivity contribution in [2.45, 2.75) is 6.54 Å². The Kier molecular flexibility index (Phi) is 6.60. The molecule has 1 amide bonds. The third-order valence-electron chi connectivity index (χ3n) is 7.05. The lowest BCUT2D eigenvalue weighted by atomic mass is 10.0. The van der Waals surface area contributed by atoms with E-state index < -0.39 is 0 Å². The highest BCUT2D eigenvalue weighted by atomic mass is 19.1. The van der Waals surface area contributed by atoms with Gasteiger partial charge in [0.2, 0.25) is 0 Å². The van der Waals surface area contributed by atoms with Gasteiger partial charge < -0.3 is 15.6 Å². The highest BCUT2D eigenvalue weighted by Crippen LogP contribution is 2.33. The highest BCUT2D eigenvalue weighted by molar-refractivity contribution is 6.04. The van der Waals surface area contributed by atoms with Crippen LogP contribution >= 0.6 is 0 Å². The number of hydrogen-bond donors (Lipinski definition) is 4. The van der Waals surface area contributed by atoms with Crippen LogP contribution in [0.1, 0.15) is 15.9 Å². The van der Waals surface area contributed by atoms with Crippen molar-refractivity contribution in [3.05, 3.63) is 109 Å². The molecule has 0 unspecified atom stereocenters. The molecular weight excluding hydrogens is 545 g/mol. The van der Waals surface area contributed by atoms with Gasteiger partial charge in [0.25, 0.3) is 5.91 Å². The molecule has 10 nitrogen and oxygen atoms in total. The zero-order valence-electron chi connectivity index (χ0n) is 22.9. The number of aromatic nitrogens is 7. The van der Waals surface area contributed by atoms with Crippen molar-refractivity contribution in [3.8, 4) is 33.8 Å². The molecule has 7 rings (SSSR count). The number of benzene rings is 2. The second-order valence-corrected chi connectivity index (χ2v) is 10.0. The summed E-state index contributed by atoms with van der Waals surface area (Å²) >= 11 is 0. The van der Waals surface area contributed by atoms with Gasteiger partial charge in [-0.15, -0.1) is 0 Å². The Bertz CT molecular complexity index is 2120. The van der Waals surface area contributed by atoms with Crippen molar-refractivity contribution in [2.24, 2.45) is 0 Å². The molecule has 0 aliphatic heterocycles. The highest BCUT2D eigenvalue weighted by Gasteiger charge is 2.18. The fraction of sp³-hybridized carbons (Fsp3) is 0.0625. The summed E-state index contributed by atoms with van der Waals surface area (Å²) in [6, 6.07) is 17.7. The number of imidazole rings is 1. The summed E-state index contributed by atoms with van der Waals surface area (Å²) in [5, 5.41) is 14.2. The molecule has 4 N–H and O–H groups in total. The molecule has 0 saturated heterocycles. The van der Waals surface area contributed by atoms with Crippen LogP contribution in [0.4, 0.5) is 10.1 Å². The van der Waals surface area contributed by atoms with Crippen LogP contribution in [0.15, 0.2) is 91.6 Å². The van der Waals surface area contributed by atoms with Crippen LogP contribution in [0.5, 0.6) is 0 Å². The number of anilines is 1. The number of amides is 1. The molecule has 0 radical (unpaired) electrons. The number of halogens is 1. The molecule has 210 valence electrons. The van der Waals surface area contributed by atoms with Crippen molar-refractivity contribution in [2.75, 3.05) is 12.4 Å². The van der Waals surface area contributed by atoms with Gasteiger partial charge in [-0.2, -0.15) is 5.10 Å². The van der Waals surface area contributed by atoms with E-state index >= 15 is 0 Å². The fourth-order valence-corrected chi connectivity index (χ4v) is 5.07. The lowest BCUT2D eigenvalue weighted by Crippen LogP contribution is -2.11. The fourth-order valence-electron chi connectivity index (χ4n) is 5.07. The van der Waals surface area contributed by atoms with Crippen molar-refractivity contribution in [1.82, 2.24) is 40.4 Å². The normalized spacial score (nSPS) is 11.3. The summed E-state index contributed by atoms with van der Waals surface area (Å²) in [7, 11) is 1.82. The number of nitrogens with zero attached hydrogens (tertiary/aromatic N) is 5. The van der Waals surface area contributed by atoms with Gasteiger partial charge >= 0.3 is 0 Å². The van der Waals surface area contributed by atoms with Crippen molar-refractivity contribution in [1.29, 1.82) is 0 Å². The van der Waals surface area contributed by atoms with Crippen LogP contribution in [0.25, 0.3) is 55.8 Å². The Labute approximate surface area is 244 Å². The number of H-pyrrole nitrogens is 2. The Balaban J connectivity index is 1.24. The number of fused-ring (bicyclic) bond motifs is 2. The minimum atomic E-state index is -0.328. The molecule has 0 bridgehead atoms. The molecule has 5 aromatic heterocycles. The van der Waals surface area contributed by atoms with E-state index in [0.29, 0.717) is 57.1 Å². The summed E-state index contributed by atoms with van der Waals surface area (Å²) in [6.45, 7) is 0.534. The summed E-state index contributed by atoms with van der Waals surface area (Å²) in [4.78, 5) is 34.1. The van der Waals surface area contributed by atoms with E-state index in [0.717, 1.165) is 22.1 Å². The Morgan fingerprint density at radius 2 is 1.74 bits per heavy atom. The van der Waals surface area contributed by atoms with Gasteiger partial charge in [0.15, 0.2) is 11.5 Å². The molecule has 0 saturated carbocycles. The van der Waals surface area contributed by atoms with Gasteiger partial charge in [-0.05, 0) is 60.6 Å². The molecule has 0 spiro atoms. The number of hydrogen-bond acceptors (Lipinski definition) is 7. The van der Waals surface area contributed by atoms with Crippen molar-refractivity contribution >= 4 is 33.7 Å². The third-order valence-corrected chi connectivity index (χ3v) is 7.05. The Morgan fingerprint density at radius 3 is 2.60 bits per heavy atom. The van der Waals surface area contributed by atoms with Crippen LogP contribution in [0.3, 0.4) is 0 Å². The second-order valence-electron chi connectivity index (χ2n) is 10.0. The first-order chi connectivity index (χ1) is 21.1. The summed E-state index contributed by atoms with van der Waals surface area (Å²) in [6.07, 6.45) is 8.39. The zero-order chi connectivity index (χ0) is 29.3. The lowest BCUT2D eigenvalue weighted by Gasteiger charge is -2.07. The molecule has 0 aliphatic carbocycles. The standard InChI is InChI=1S/C32H24FN9O/c1-34-12-18-7-20(9-23(33)8-18)26-16-36-17-27-28(26)40-31(39-27)29-25-11-22(14-37-30(25)42-41-29)21-10-24(15-35-13-21)38-32(43)19-5-3-2-4-6-19/h2-11,13-17,34H,12H2,1H3,(H,38,43)(H,39,40)(H,37,41,42). The van der Waals surface area contributed by atoms with Crippen molar-refractivity contribution in [3.63, 3.8) is 0 Å². The lowest BCUT2D eigenvalue weighted by molar-refractivity contribution is 0.102. The van der Waals surface area contributed by atoms with E-state index in [9.17, 15) is 9.18 Å². The molecule has 11 heteroatoms. The first-order valence-corrected chi connectivity index (χ1v) is 13.5. The van der Waals surface area contributed by atoms with Gasteiger partial charge in [0.1, 0.15) is 11.5 Å². The van der Waals surface area contributed by atoms with Crippen molar-refractivity contribution < 1.29 is 9.18 Å². The monoisotopic (exact) mass is 569 g/mol. The van der Waals surface area contributed by atoms with Crippen LogP contribution in [-0.2, 0) is 6.54 Å². The van der Waals surface area contributed by atoms with E-state index in [2.05, 4.69) is 40.8 Å². The van der Waals surface area contributed by atoms with E-state index in [1.165, 1.54) is 12.1 Å². The van der Waals surface area contributed by atoms with Gasteiger partial charge in [0.05, 0.1) is 34.5 Å². The molecular formula is C32H24FN9O. The maximum atomic E-state index is 14.5. The van der Waals surface area contributed by atoms with E-state index in [4.69, 9.17) is 4.98 Å². The Morgan fingerprint density at radius 1 is 0.907 bits per heavy atom. The SMILES string of the molecule is CNCc1cc(F)cc(-c2cncc3[nH]c(-c4n[nH]c5ncc(-c6cncc(NC(=O)c7ccccc7)c6)cc45)nc23)c1. The first kappa shape index (κ1) is 26.1. The molecule has 0 aliphatic rings. The predicted molar refractivity (Wildman–Crippen MR) is 163 cm³/mol. The number of nitrogens with one attached hydrogen (secondary N) is 4. The van der Waals surface area contributed by atoms with Gasteiger partial charge in [-0.3, -0.25) is 19.9 Å². The maximum absolute atomic E-state index is 14.5. The van der Waals surface area contributed by atoms with Crippen LogP contribution in [-0.4, -0.2) is 48.1 Å². The maximum Gasteiger partial charge on any atom is 0.255 e. The van der Waals surface area contributed by atoms with Gasteiger partial charge in [-0.25, -0.2) is 14.4 Å². The average molecular weight is 570 g/mol. The smallest absolute Gasteiger partial charge is 0.255 e. The van der Waals surface area contributed by atoms with Crippen LogP contribution in [0.2, 0.25) is 0 Å².